The Balaban J connectivity index is 2.54. The van der Waals surface area contributed by atoms with E-state index in [1.54, 1.807) is 0 Å². The summed E-state index contributed by atoms with van der Waals surface area (Å²) in [7, 11) is -1.53. The average Bonchev–Trinajstić information content (AvgIpc) is 2.90. The van der Waals surface area contributed by atoms with Gasteiger partial charge in [0.25, 0.3) is 0 Å². The van der Waals surface area contributed by atoms with Gasteiger partial charge in [0.1, 0.15) is 8.07 Å². The maximum atomic E-state index is 11.1. The van der Waals surface area contributed by atoms with Gasteiger partial charge in [-0.15, -0.1) is 16.9 Å². The van der Waals surface area contributed by atoms with E-state index in [4.69, 9.17) is 0 Å². The molecular weight excluding hydrogens is 268 g/mol. The summed E-state index contributed by atoms with van der Waals surface area (Å²) in [6, 6.07) is 13.6. The highest BCUT2D eigenvalue weighted by Crippen LogP contribution is 2.32. The van der Waals surface area contributed by atoms with Gasteiger partial charge in [0.2, 0.25) is 0 Å². The van der Waals surface area contributed by atoms with Crippen molar-refractivity contribution in [1.29, 1.82) is 0 Å². The van der Waals surface area contributed by atoms with Gasteiger partial charge in [-0.05, 0) is 11.4 Å². The topological polar surface area (TPSA) is 20.2 Å². The molecule has 0 aliphatic rings. The summed E-state index contributed by atoms with van der Waals surface area (Å²) in [5, 5.41) is 13.0. The summed E-state index contributed by atoms with van der Waals surface area (Å²) < 4.78 is 0. The van der Waals surface area contributed by atoms with E-state index in [9.17, 15) is 5.11 Å². The highest BCUT2D eigenvalue weighted by molar-refractivity contribution is 7.10. The van der Waals surface area contributed by atoms with Crippen LogP contribution in [0.5, 0.6) is 0 Å². The first kappa shape index (κ1) is 14.1. The fourth-order valence-electron chi connectivity index (χ4n) is 1.72. The van der Waals surface area contributed by atoms with E-state index >= 15 is 0 Å². The van der Waals surface area contributed by atoms with Gasteiger partial charge in [-0.3, -0.25) is 0 Å². The van der Waals surface area contributed by atoms with Crippen LogP contribution in [0.25, 0.3) is 0 Å². The number of rotatable bonds is 2. The quantitative estimate of drug-likeness (QED) is 0.656. The number of benzene rings is 1. The van der Waals surface area contributed by atoms with Gasteiger partial charge in [0, 0.05) is 5.56 Å². The van der Waals surface area contributed by atoms with Gasteiger partial charge in [-0.2, -0.15) is 0 Å². The van der Waals surface area contributed by atoms with Crippen LogP contribution in [0.15, 0.2) is 47.8 Å². The van der Waals surface area contributed by atoms with Crippen molar-refractivity contribution in [2.45, 2.75) is 25.2 Å². The van der Waals surface area contributed by atoms with Crippen molar-refractivity contribution in [2.75, 3.05) is 0 Å². The molecule has 1 N–H and O–H groups in total. The van der Waals surface area contributed by atoms with E-state index < -0.39 is 13.7 Å². The molecule has 19 heavy (non-hydrogen) atoms. The van der Waals surface area contributed by atoms with E-state index in [1.807, 2.05) is 47.8 Å². The SMILES string of the molecule is C[Si](C)(C)C#CC(O)(c1ccccc1)c1cccs1. The molecule has 0 fully saturated rings. The van der Waals surface area contributed by atoms with Gasteiger partial charge in [-0.1, -0.05) is 62.0 Å². The first-order valence-electron chi connectivity index (χ1n) is 6.28. The molecule has 1 aromatic heterocycles. The molecule has 0 aliphatic carbocycles. The van der Waals surface area contributed by atoms with Crippen molar-refractivity contribution < 1.29 is 5.11 Å². The molecule has 0 saturated carbocycles. The Labute approximate surface area is 119 Å². The molecule has 1 heterocycles. The molecule has 0 bridgehead atoms. The van der Waals surface area contributed by atoms with Crippen LogP contribution in [0.2, 0.25) is 19.6 Å². The molecule has 0 amide bonds. The van der Waals surface area contributed by atoms with Crippen LogP contribution in [0.4, 0.5) is 0 Å². The van der Waals surface area contributed by atoms with Crippen LogP contribution < -0.4 is 0 Å². The third kappa shape index (κ3) is 3.36. The van der Waals surface area contributed by atoms with Crippen molar-refractivity contribution in [3.05, 3.63) is 58.3 Å². The minimum absolute atomic E-state index is 0.836. The number of hydrogen-bond donors (Lipinski definition) is 1. The number of aliphatic hydroxyl groups is 1. The third-order valence-electron chi connectivity index (χ3n) is 2.69. The second-order valence-corrected chi connectivity index (χ2v) is 11.3. The largest absolute Gasteiger partial charge is 0.369 e. The van der Waals surface area contributed by atoms with Crippen molar-refractivity contribution in [3.63, 3.8) is 0 Å². The molecule has 0 aliphatic heterocycles. The molecule has 98 valence electrons. The highest BCUT2D eigenvalue weighted by atomic mass is 32.1. The normalized spacial score (nSPS) is 14.3. The Kier molecular flexibility index (Phi) is 3.95. The lowest BCUT2D eigenvalue weighted by Crippen LogP contribution is -2.26. The van der Waals surface area contributed by atoms with Crippen molar-refractivity contribution in [2.24, 2.45) is 0 Å². The van der Waals surface area contributed by atoms with E-state index in [1.165, 1.54) is 11.3 Å². The van der Waals surface area contributed by atoms with Crippen LogP contribution in [-0.4, -0.2) is 13.2 Å². The van der Waals surface area contributed by atoms with Gasteiger partial charge < -0.3 is 5.11 Å². The van der Waals surface area contributed by atoms with E-state index in [0.29, 0.717) is 0 Å². The first-order valence-corrected chi connectivity index (χ1v) is 10.7. The van der Waals surface area contributed by atoms with Gasteiger partial charge >= 0.3 is 0 Å². The lowest BCUT2D eigenvalue weighted by atomic mass is 9.93. The first-order chi connectivity index (χ1) is 8.92. The Morgan fingerprint density at radius 3 is 2.26 bits per heavy atom. The Hall–Kier alpha value is -1.34. The second-order valence-electron chi connectivity index (χ2n) is 5.55. The van der Waals surface area contributed by atoms with Gasteiger partial charge in [-0.25, -0.2) is 0 Å². The summed E-state index contributed by atoms with van der Waals surface area (Å²) in [5.74, 6) is 3.13. The van der Waals surface area contributed by atoms with E-state index in [2.05, 4.69) is 31.1 Å². The van der Waals surface area contributed by atoms with Crippen molar-refractivity contribution >= 4 is 19.4 Å². The maximum Gasteiger partial charge on any atom is 0.185 e. The third-order valence-corrected chi connectivity index (χ3v) is 4.54. The van der Waals surface area contributed by atoms with Crippen LogP contribution in [0.3, 0.4) is 0 Å². The molecule has 2 rings (SSSR count). The predicted molar refractivity (Wildman–Crippen MR) is 84.9 cm³/mol. The summed E-state index contributed by atoms with van der Waals surface area (Å²) in [4.78, 5) is 0.879. The zero-order chi connectivity index (χ0) is 13.9. The standard InChI is InChI=1S/C16H18OSSi/c1-19(2,3)13-11-16(17,15-10-7-12-18-15)14-8-5-4-6-9-14/h4-10,12,17H,1-3H3. The Morgan fingerprint density at radius 1 is 1.05 bits per heavy atom. The Bertz CT molecular complexity index is 587. The fraction of sp³-hybridized carbons (Fsp3) is 0.250. The number of thiophene rings is 1. The molecule has 3 heteroatoms. The smallest absolute Gasteiger partial charge is 0.185 e. The minimum atomic E-state index is -1.53. The lowest BCUT2D eigenvalue weighted by molar-refractivity contribution is 0.149. The van der Waals surface area contributed by atoms with Crippen LogP contribution >= 0.6 is 11.3 Å². The molecule has 1 atom stereocenters. The molecule has 0 spiro atoms. The Morgan fingerprint density at radius 2 is 1.74 bits per heavy atom. The van der Waals surface area contributed by atoms with Crippen molar-refractivity contribution in [3.8, 4) is 11.5 Å². The molecule has 1 unspecified atom stereocenters. The lowest BCUT2D eigenvalue weighted by Gasteiger charge is -2.22. The monoisotopic (exact) mass is 286 g/mol. The maximum absolute atomic E-state index is 11.1. The molecule has 0 radical (unpaired) electrons. The average molecular weight is 286 g/mol. The zero-order valence-electron chi connectivity index (χ0n) is 11.5. The second kappa shape index (κ2) is 5.34. The zero-order valence-corrected chi connectivity index (χ0v) is 13.3. The molecule has 0 saturated heterocycles. The fourth-order valence-corrected chi connectivity index (χ4v) is 3.07. The van der Waals surface area contributed by atoms with E-state index in [-0.39, 0.29) is 0 Å². The van der Waals surface area contributed by atoms with Gasteiger partial charge in [0.05, 0.1) is 4.88 Å². The predicted octanol–water partition coefficient (Wildman–Crippen LogP) is 3.86. The molecular formula is C16H18OSSi. The number of hydrogen-bond acceptors (Lipinski definition) is 2. The van der Waals surface area contributed by atoms with Crippen LogP contribution in [-0.2, 0) is 5.60 Å². The minimum Gasteiger partial charge on any atom is -0.369 e. The highest BCUT2D eigenvalue weighted by Gasteiger charge is 2.30. The van der Waals surface area contributed by atoms with E-state index in [0.717, 1.165) is 10.4 Å². The summed E-state index contributed by atoms with van der Waals surface area (Å²) in [6.45, 7) is 6.54. The van der Waals surface area contributed by atoms with Gasteiger partial charge in [0.15, 0.2) is 5.60 Å². The molecule has 1 aromatic carbocycles. The summed E-state index contributed by atoms with van der Waals surface area (Å²) >= 11 is 1.54. The summed E-state index contributed by atoms with van der Waals surface area (Å²) in [5.41, 5.74) is 2.95. The molecule has 2 aromatic rings. The van der Waals surface area contributed by atoms with Crippen molar-refractivity contribution in [1.82, 2.24) is 0 Å². The van der Waals surface area contributed by atoms with Crippen LogP contribution in [0, 0.1) is 11.5 Å². The summed E-state index contributed by atoms with van der Waals surface area (Å²) in [6.07, 6.45) is 0. The van der Waals surface area contributed by atoms with Crippen LogP contribution in [0.1, 0.15) is 10.4 Å². The molecule has 1 nitrogen and oxygen atoms in total.